The Morgan fingerprint density at radius 1 is 1.00 bits per heavy atom. The third-order valence-electron chi connectivity index (χ3n) is 6.13. The molecule has 2 N–H and O–H groups in total. The van der Waals surface area contributed by atoms with Gasteiger partial charge < -0.3 is 20.3 Å². The molecule has 2 atom stereocenters. The topological polar surface area (TPSA) is 87.7 Å². The summed E-state index contributed by atoms with van der Waals surface area (Å²) in [6, 6.07) is 18.6. The summed E-state index contributed by atoms with van der Waals surface area (Å²) in [5, 5.41) is 7.63. The maximum atomic E-state index is 14.0. The maximum Gasteiger partial charge on any atom is 0.408 e. The molecular weight excluding hydrogens is 490 g/mol. The summed E-state index contributed by atoms with van der Waals surface area (Å²) in [6.45, 7) is 9.12. The molecule has 0 aliphatic heterocycles. The van der Waals surface area contributed by atoms with Crippen molar-refractivity contribution in [3.8, 4) is 12.3 Å². The zero-order chi connectivity index (χ0) is 28.6. The van der Waals surface area contributed by atoms with Gasteiger partial charge in [0.15, 0.2) is 0 Å². The van der Waals surface area contributed by atoms with Gasteiger partial charge in [0.2, 0.25) is 5.91 Å². The molecule has 39 heavy (non-hydrogen) atoms. The van der Waals surface area contributed by atoms with Gasteiger partial charge in [-0.25, -0.2) is 4.79 Å². The van der Waals surface area contributed by atoms with Crippen molar-refractivity contribution in [3.63, 3.8) is 0 Å². The average molecular weight is 528 g/mol. The van der Waals surface area contributed by atoms with Gasteiger partial charge in [-0.2, -0.15) is 0 Å². The largest absolute Gasteiger partial charge is 0.444 e. The number of carbonyl (C=O) groups is 3. The van der Waals surface area contributed by atoms with Crippen LogP contribution in [0.5, 0.6) is 0 Å². The van der Waals surface area contributed by atoms with Crippen LogP contribution in [-0.2, 0) is 14.3 Å². The van der Waals surface area contributed by atoms with Crippen molar-refractivity contribution in [1.82, 2.24) is 10.2 Å². The van der Waals surface area contributed by atoms with Crippen LogP contribution in [-0.4, -0.2) is 41.0 Å². The van der Waals surface area contributed by atoms with E-state index in [1.165, 1.54) is 4.90 Å². The van der Waals surface area contributed by atoms with Crippen LogP contribution in [0.25, 0.3) is 10.8 Å². The van der Waals surface area contributed by atoms with Gasteiger partial charge in [-0.05, 0) is 68.7 Å². The lowest BCUT2D eigenvalue weighted by Crippen LogP contribution is -2.51. The fourth-order valence-electron chi connectivity index (χ4n) is 4.29. The zero-order valence-corrected chi connectivity index (χ0v) is 23.3. The summed E-state index contributed by atoms with van der Waals surface area (Å²) in [5.41, 5.74) is 0.929. The molecule has 7 nitrogen and oxygen atoms in total. The highest BCUT2D eigenvalue weighted by Gasteiger charge is 2.35. The molecule has 0 saturated carbocycles. The standard InChI is InChI=1S/C32H37N3O4/c1-7-9-20-35(30(37)22(3)33-31(38)39-32(4,5)6)28(27-17-13-12-14-23(27)8-2)29(36)34-26-19-18-24-15-10-11-16-25(24)21-26/h2,10-19,21-22,28H,7,9,20H2,1,3-6H3,(H,33,38)(H,34,36). The summed E-state index contributed by atoms with van der Waals surface area (Å²) in [4.78, 5) is 41.7. The van der Waals surface area contributed by atoms with Gasteiger partial charge in [0.05, 0.1) is 0 Å². The number of nitrogens with zero attached hydrogens (tertiary/aromatic N) is 1. The molecule has 0 aromatic heterocycles. The van der Waals surface area contributed by atoms with Crippen LogP contribution in [0.2, 0.25) is 0 Å². The first-order valence-electron chi connectivity index (χ1n) is 13.2. The summed E-state index contributed by atoms with van der Waals surface area (Å²) < 4.78 is 5.34. The quantitative estimate of drug-likeness (QED) is 0.332. The van der Waals surface area contributed by atoms with E-state index in [1.807, 2.05) is 49.4 Å². The smallest absolute Gasteiger partial charge is 0.408 e. The van der Waals surface area contributed by atoms with E-state index < -0.39 is 35.6 Å². The highest BCUT2D eigenvalue weighted by Crippen LogP contribution is 2.28. The molecule has 0 fully saturated rings. The van der Waals surface area contributed by atoms with Crippen molar-refractivity contribution in [3.05, 3.63) is 77.9 Å². The van der Waals surface area contributed by atoms with Gasteiger partial charge in [-0.1, -0.05) is 67.8 Å². The molecule has 7 heteroatoms. The fraction of sp³-hybridized carbons (Fsp3) is 0.344. The van der Waals surface area contributed by atoms with E-state index in [9.17, 15) is 14.4 Å². The van der Waals surface area contributed by atoms with Crippen LogP contribution in [0, 0.1) is 12.3 Å². The number of fused-ring (bicyclic) bond motifs is 1. The van der Waals surface area contributed by atoms with Crippen molar-refractivity contribution < 1.29 is 19.1 Å². The lowest BCUT2D eigenvalue weighted by Gasteiger charge is -2.34. The van der Waals surface area contributed by atoms with E-state index >= 15 is 0 Å². The van der Waals surface area contributed by atoms with Gasteiger partial charge in [0, 0.05) is 17.8 Å². The lowest BCUT2D eigenvalue weighted by molar-refractivity contribution is -0.140. The number of amides is 3. The number of benzene rings is 3. The Morgan fingerprint density at radius 2 is 1.67 bits per heavy atom. The van der Waals surface area contributed by atoms with Crippen molar-refractivity contribution >= 4 is 34.4 Å². The molecule has 3 amide bonds. The van der Waals surface area contributed by atoms with Gasteiger partial charge >= 0.3 is 6.09 Å². The van der Waals surface area contributed by atoms with Crippen molar-refractivity contribution in [2.24, 2.45) is 0 Å². The number of ether oxygens (including phenoxy) is 1. The second-order valence-corrected chi connectivity index (χ2v) is 10.4. The molecule has 0 heterocycles. The van der Waals surface area contributed by atoms with Crippen LogP contribution < -0.4 is 10.6 Å². The lowest BCUT2D eigenvalue weighted by atomic mass is 9.97. The number of terminal acetylenes is 1. The van der Waals surface area contributed by atoms with E-state index in [1.54, 1.807) is 52.0 Å². The van der Waals surface area contributed by atoms with Crippen LogP contribution in [0.4, 0.5) is 10.5 Å². The first kappa shape index (κ1) is 29.2. The van der Waals surface area contributed by atoms with Gasteiger partial charge in [0.25, 0.3) is 5.91 Å². The molecule has 3 aromatic carbocycles. The molecule has 0 bridgehead atoms. The first-order valence-corrected chi connectivity index (χ1v) is 13.2. The van der Waals surface area contributed by atoms with Crippen molar-refractivity contribution in [2.75, 3.05) is 11.9 Å². The summed E-state index contributed by atoms with van der Waals surface area (Å²) in [5.74, 6) is 1.83. The van der Waals surface area contributed by atoms with Gasteiger partial charge in [0.1, 0.15) is 17.7 Å². The number of carbonyl (C=O) groups excluding carboxylic acids is 3. The van der Waals surface area contributed by atoms with Crippen LogP contribution in [0.3, 0.4) is 0 Å². The Kier molecular flexibility index (Phi) is 9.73. The molecule has 2 unspecified atom stereocenters. The Labute approximate surface area is 230 Å². The van der Waals surface area contributed by atoms with Gasteiger partial charge in [-0.15, -0.1) is 6.42 Å². The van der Waals surface area contributed by atoms with Crippen LogP contribution >= 0.6 is 0 Å². The van der Waals surface area contributed by atoms with E-state index in [4.69, 9.17) is 11.2 Å². The van der Waals surface area contributed by atoms with E-state index in [2.05, 4.69) is 16.6 Å². The van der Waals surface area contributed by atoms with Crippen molar-refractivity contribution in [2.45, 2.75) is 65.1 Å². The molecular formula is C32H37N3O4. The van der Waals surface area contributed by atoms with E-state index in [0.29, 0.717) is 29.8 Å². The molecule has 0 aliphatic rings. The molecule has 3 rings (SSSR count). The number of hydrogen-bond acceptors (Lipinski definition) is 4. The molecule has 0 radical (unpaired) electrons. The minimum absolute atomic E-state index is 0.296. The van der Waals surface area contributed by atoms with Gasteiger partial charge in [-0.3, -0.25) is 9.59 Å². The molecule has 204 valence electrons. The first-order chi connectivity index (χ1) is 18.5. The molecule has 0 aliphatic carbocycles. The van der Waals surface area contributed by atoms with Crippen molar-refractivity contribution in [1.29, 1.82) is 0 Å². The number of hydrogen-bond donors (Lipinski definition) is 2. The third-order valence-corrected chi connectivity index (χ3v) is 6.13. The highest BCUT2D eigenvalue weighted by molar-refractivity contribution is 6.00. The number of nitrogens with one attached hydrogen (secondary N) is 2. The normalized spacial score (nSPS) is 12.6. The zero-order valence-electron chi connectivity index (χ0n) is 23.3. The Balaban J connectivity index is 2.00. The molecule has 3 aromatic rings. The predicted molar refractivity (Wildman–Crippen MR) is 155 cm³/mol. The predicted octanol–water partition coefficient (Wildman–Crippen LogP) is 6.04. The Hall–Kier alpha value is -4.31. The number of anilines is 1. The molecule has 0 spiro atoms. The monoisotopic (exact) mass is 527 g/mol. The summed E-state index contributed by atoms with van der Waals surface area (Å²) in [7, 11) is 0. The Morgan fingerprint density at radius 3 is 2.33 bits per heavy atom. The number of rotatable bonds is 9. The average Bonchev–Trinajstić information content (AvgIpc) is 2.89. The Bertz CT molecular complexity index is 1370. The molecule has 0 saturated heterocycles. The fourth-order valence-corrected chi connectivity index (χ4v) is 4.29. The second kappa shape index (κ2) is 13.0. The summed E-state index contributed by atoms with van der Waals surface area (Å²) in [6.07, 6.45) is 6.55. The SMILES string of the molecule is C#Cc1ccccc1C(C(=O)Nc1ccc2ccccc2c1)N(CCCC)C(=O)C(C)NC(=O)OC(C)(C)C. The summed E-state index contributed by atoms with van der Waals surface area (Å²) >= 11 is 0. The van der Waals surface area contributed by atoms with E-state index in [-0.39, 0.29) is 0 Å². The highest BCUT2D eigenvalue weighted by atomic mass is 16.6. The minimum atomic E-state index is -1.02. The van der Waals surface area contributed by atoms with Crippen LogP contribution in [0.1, 0.15) is 64.6 Å². The second-order valence-electron chi connectivity index (χ2n) is 10.4. The minimum Gasteiger partial charge on any atom is -0.444 e. The maximum absolute atomic E-state index is 14.0. The number of unbranched alkanes of at least 4 members (excludes halogenated alkanes) is 1. The van der Waals surface area contributed by atoms with Crippen LogP contribution in [0.15, 0.2) is 66.7 Å². The third kappa shape index (κ3) is 7.84. The number of alkyl carbamates (subject to hydrolysis) is 1. The van der Waals surface area contributed by atoms with E-state index in [0.717, 1.165) is 17.2 Å².